The summed E-state index contributed by atoms with van der Waals surface area (Å²) in [6.45, 7) is 18.8. The fraction of sp³-hybridized carbons (Fsp3) is 0.883. The van der Waals surface area contributed by atoms with Gasteiger partial charge in [0.25, 0.3) is 0 Å². The number of carbonyl (C=O) groups excluding carboxylic acids is 2. The first-order valence-corrected chi connectivity index (χ1v) is 30.3. The zero-order valence-corrected chi connectivity index (χ0v) is 50.9. The second kappa shape index (κ2) is 24.6. The molecule has 0 radical (unpaired) electrons. The molecule has 9 rings (SSSR count). The van der Waals surface area contributed by atoms with Crippen molar-refractivity contribution in [2.24, 2.45) is 50.2 Å². The molecule has 30 atom stereocenters. The fourth-order valence-electron chi connectivity index (χ4n) is 17.2. The predicted molar refractivity (Wildman–Crippen MR) is 293 cm³/mol. The van der Waals surface area contributed by atoms with Crippen LogP contribution in [0, 0.1) is 50.2 Å². The molecule has 9 aliphatic rings. The number of aliphatic carboxylic acids is 1. The van der Waals surface area contributed by atoms with E-state index in [1.54, 1.807) is 19.9 Å². The van der Waals surface area contributed by atoms with Gasteiger partial charge in [-0.15, -0.1) is 0 Å². The molecular weight excluding hydrogens is 1140 g/mol. The van der Waals surface area contributed by atoms with Gasteiger partial charge in [0.1, 0.15) is 98.2 Å². The lowest BCUT2D eigenvalue weighted by atomic mass is 9.33. The first-order chi connectivity index (χ1) is 40.1. The highest BCUT2D eigenvalue weighted by atomic mass is 16.8. The van der Waals surface area contributed by atoms with E-state index in [4.69, 9.17) is 47.4 Å². The first-order valence-electron chi connectivity index (χ1n) is 30.3. The summed E-state index contributed by atoms with van der Waals surface area (Å²) in [4.78, 5) is 39.1. The van der Waals surface area contributed by atoms with Gasteiger partial charge >= 0.3 is 17.9 Å². The number of carboxylic acids is 1. The van der Waals surface area contributed by atoms with E-state index in [2.05, 4.69) is 26.8 Å². The van der Waals surface area contributed by atoms with Crippen molar-refractivity contribution in [1.82, 2.24) is 0 Å². The molecule has 0 amide bonds. The van der Waals surface area contributed by atoms with Crippen LogP contribution in [0.15, 0.2) is 23.3 Å². The number of carboxylic acid groups (broad SMARTS) is 1. The van der Waals surface area contributed by atoms with Gasteiger partial charge < -0.3 is 114 Å². The van der Waals surface area contributed by atoms with Crippen molar-refractivity contribution in [3.8, 4) is 0 Å². The number of fused-ring (bicyclic) bond motifs is 7. The fourth-order valence-corrected chi connectivity index (χ4v) is 17.2. The summed E-state index contributed by atoms with van der Waals surface area (Å²) in [5.74, 6) is -3.50. The molecule has 4 heterocycles. The molecule has 86 heavy (non-hydrogen) atoms. The van der Waals surface area contributed by atoms with E-state index in [9.17, 15) is 80.8 Å². The van der Waals surface area contributed by atoms with Crippen LogP contribution < -0.4 is 0 Å². The molecule has 4 aliphatic heterocycles. The van der Waals surface area contributed by atoms with Gasteiger partial charge in [-0.2, -0.15) is 0 Å². The molecule has 8 fully saturated rings. The van der Waals surface area contributed by atoms with Crippen molar-refractivity contribution in [3.63, 3.8) is 0 Å². The van der Waals surface area contributed by atoms with E-state index >= 15 is 0 Å². The molecule has 0 aromatic carbocycles. The number of rotatable bonds is 14. The van der Waals surface area contributed by atoms with Gasteiger partial charge in [-0.05, 0) is 105 Å². The van der Waals surface area contributed by atoms with Crippen LogP contribution in [0.2, 0.25) is 0 Å². The molecule has 5 unspecified atom stereocenters. The van der Waals surface area contributed by atoms with Crippen molar-refractivity contribution in [2.45, 2.75) is 262 Å². The second-order valence-corrected chi connectivity index (χ2v) is 28.1. The van der Waals surface area contributed by atoms with E-state index in [0.717, 1.165) is 5.57 Å². The minimum atomic E-state index is -2.21. The first kappa shape index (κ1) is 67.5. The average Bonchev–Trinajstić information content (AvgIpc) is 0.674. The van der Waals surface area contributed by atoms with Gasteiger partial charge in [0.05, 0.1) is 36.9 Å². The number of ether oxygens (including phenoxy) is 10. The van der Waals surface area contributed by atoms with E-state index in [1.165, 1.54) is 13.8 Å². The van der Waals surface area contributed by atoms with E-state index < -0.39 is 211 Å². The van der Waals surface area contributed by atoms with Crippen LogP contribution in [-0.2, 0) is 61.8 Å². The summed E-state index contributed by atoms with van der Waals surface area (Å²) < 4.78 is 60.8. The highest BCUT2D eigenvalue weighted by molar-refractivity contribution is 5.87. The Morgan fingerprint density at radius 1 is 0.686 bits per heavy atom. The Labute approximate surface area is 500 Å². The Balaban J connectivity index is 1.04. The summed E-state index contributed by atoms with van der Waals surface area (Å²) in [5, 5.41) is 146. The zero-order valence-electron chi connectivity index (χ0n) is 50.9. The number of hydrogen-bond donors (Lipinski definition) is 13. The molecule has 5 aliphatic carbocycles. The molecule has 490 valence electrons. The maximum absolute atomic E-state index is 13.4. The molecular formula is C60H94O26. The zero-order chi connectivity index (χ0) is 63.5. The summed E-state index contributed by atoms with van der Waals surface area (Å²) in [6.07, 6.45) is -32.1. The van der Waals surface area contributed by atoms with Crippen molar-refractivity contribution < 1.29 is 128 Å². The highest BCUT2D eigenvalue weighted by Crippen LogP contribution is 2.76. The molecule has 26 nitrogen and oxygen atoms in total. The van der Waals surface area contributed by atoms with Crippen LogP contribution in [0.1, 0.15) is 121 Å². The van der Waals surface area contributed by atoms with Crippen LogP contribution in [0.5, 0.6) is 0 Å². The van der Waals surface area contributed by atoms with Gasteiger partial charge in [0.15, 0.2) is 31.3 Å². The molecule has 4 saturated heterocycles. The molecule has 26 heteroatoms. The maximum Gasteiger partial charge on any atom is 0.335 e. The Kier molecular flexibility index (Phi) is 19.3. The number of carbonyl (C=O) groups is 3. The van der Waals surface area contributed by atoms with E-state index in [-0.39, 0.29) is 24.9 Å². The molecule has 0 spiro atoms. The predicted octanol–water partition coefficient (Wildman–Crippen LogP) is -0.803. The average molecular weight is 1230 g/mol. The van der Waals surface area contributed by atoms with Crippen LogP contribution >= 0.6 is 0 Å². The van der Waals surface area contributed by atoms with Gasteiger partial charge in [0.2, 0.25) is 0 Å². The SMILES string of the molecule is C/C=C(\C)C(=O)O[C@H]1[C@H](O)[C@]2(COC(C)=O)[C@H](O)C[C@]3(C)C(=CC[C@@H]4[C@@]5(C)CC[C@H](O[C@@H]6O[C@H](C(=O)O)[C@@H](O)[C@H](O[C@@H]7OC[C@H](O)[C@H](O)[C@H]7OC7OC(C)C(O)C(O)C7O)[C@H]6O[C@@H]6O[C@H](CO)[C@H](O)[C@H](O)[C@H]6O)C(C)(C)[C@@H]5CC[C@]43C)[C@@H]2CC1(C)C. The molecule has 13 N–H and O–H groups in total. The summed E-state index contributed by atoms with van der Waals surface area (Å²) in [5.41, 5.74) is -3.18. The van der Waals surface area contributed by atoms with Crippen LogP contribution in [0.3, 0.4) is 0 Å². The third-order valence-corrected chi connectivity index (χ3v) is 22.6. The molecule has 0 aromatic rings. The van der Waals surface area contributed by atoms with Gasteiger partial charge in [-0.1, -0.05) is 66.2 Å². The molecule has 0 aromatic heterocycles. The highest BCUT2D eigenvalue weighted by Gasteiger charge is 2.73. The number of aliphatic hydroxyl groups excluding tert-OH is 12. The van der Waals surface area contributed by atoms with Gasteiger partial charge in [-0.25, -0.2) is 9.59 Å². The Hall–Kier alpha value is -2.91. The standard InChI is InChI=1S/C60H94O26/c1-12-24(2)50(76)86-48-47(73)60(23-78-26(4)62)28(19-55(48,5)6)27-13-14-32-57(9)17-16-34(56(7,8)31(57)15-18-58(32,10)59(27,11)20-33(60)64)81-54-46(85-52-41(71)39(69)37(67)30(21-61)80-52)43(42(72)44(83-54)49(74)75)82-53-45(36(66)29(63)22-77-53)84-51-40(70)38(68)35(65)25(3)79-51/h12-13,25,28-48,51-54,61,63-73H,14-23H2,1-11H3,(H,74,75)/b24-12+/t25?,28-,29-,30+,31-,32+,33+,34-,35?,36-,37-,38?,39-,40?,41+,42-,43-,44-,45+,46+,47-,48-,51?,52-,53-,54+,57-,58+,59+,60-/m0/s1. The normalized spacial score (nSPS) is 50.9. The minimum absolute atomic E-state index is 0.0105. The number of hydrogen-bond acceptors (Lipinski definition) is 25. The smallest absolute Gasteiger partial charge is 0.335 e. The number of esters is 2. The Morgan fingerprint density at radius 3 is 1.94 bits per heavy atom. The lowest BCUT2D eigenvalue weighted by Gasteiger charge is -2.72. The van der Waals surface area contributed by atoms with Crippen molar-refractivity contribution >= 4 is 17.9 Å². The summed E-state index contributed by atoms with van der Waals surface area (Å²) in [7, 11) is 0. The van der Waals surface area contributed by atoms with Crippen LogP contribution in [0.4, 0.5) is 0 Å². The van der Waals surface area contributed by atoms with Crippen LogP contribution in [0.25, 0.3) is 0 Å². The van der Waals surface area contributed by atoms with Crippen molar-refractivity contribution in [1.29, 1.82) is 0 Å². The quantitative estimate of drug-likeness (QED) is 0.0438. The monoisotopic (exact) mass is 1230 g/mol. The van der Waals surface area contributed by atoms with E-state index in [0.29, 0.717) is 44.1 Å². The minimum Gasteiger partial charge on any atom is -0.479 e. The third-order valence-electron chi connectivity index (χ3n) is 22.6. The number of aliphatic hydroxyl groups is 12. The van der Waals surface area contributed by atoms with Crippen molar-refractivity contribution in [2.75, 3.05) is 19.8 Å². The lowest BCUT2D eigenvalue weighted by Crippen LogP contribution is -2.72. The molecule has 4 saturated carbocycles. The summed E-state index contributed by atoms with van der Waals surface area (Å²) >= 11 is 0. The Bertz CT molecular complexity index is 2530. The van der Waals surface area contributed by atoms with Crippen LogP contribution in [-0.4, -0.2) is 245 Å². The third kappa shape index (κ3) is 11.1. The largest absolute Gasteiger partial charge is 0.479 e. The molecule has 0 bridgehead atoms. The second-order valence-electron chi connectivity index (χ2n) is 28.1. The topological polar surface area (TPSA) is 407 Å². The van der Waals surface area contributed by atoms with Crippen molar-refractivity contribution in [3.05, 3.63) is 23.3 Å². The number of allylic oxidation sites excluding steroid dienone is 3. The maximum atomic E-state index is 13.4. The summed E-state index contributed by atoms with van der Waals surface area (Å²) in [6, 6.07) is 0. The lowest BCUT2D eigenvalue weighted by molar-refractivity contribution is -0.400. The van der Waals surface area contributed by atoms with Gasteiger partial charge in [-0.3, -0.25) is 4.79 Å². The van der Waals surface area contributed by atoms with E-state index in [1.807, 2.05) is 27.7 Å². The van der Waals surface area contributed by atoms with Gasteiger partial charge in [0, 0.05) is 17.9 Å². The Morgan fingerprint density at radius 2 is 1.31 bits per heavy atom.